The smallest absolute Gasteiger partial charge is 0.0758 e. The first-order valence-electron chi connectivity index (χ1n) is 5.99. The second-order valence-electron chi connectivity index (χ2n) is 4.08. The molecule has 2 aromatic rings. The highest BCUT2D eigenvalue weighted by Gasteiger charge is 2.08. The largest absolute Gasteiger partial charge is 0.388 e. The third-order valence-corrected chi connectivity index (χ3v) is 3.48. The molecule has 0 spiro atoms. The minimum Gasteiger partial charge on any atom is -0.388 e. The Morgan fingerprint density at radius 3 is 2.53 bits per heavy atom. The molecule has 0 amide bonds. The van der Waals surface area contributed by atoms with Crippen molar-refractivity contribution >= 4 is 32.5 Å². The van der Waals surface area contributed by atoms with Crippen LogP contribution in [0.15, 0.2) is 22.7 Å². The van der Waals surface area contributed by atoms with Crippen LogP contribution in [0.2, 0.25) is 0 Å². The summed E-state index contributed by atoms with van der Waals surface area (Å²) >= 11 is 3.57. The number of nitrogens with one attached hydrogen (secondary N) is 1. The Bertz CT molecular complexity index is 549. The number of anilines is 1. The third-order valence-electron chi connectivity index (χ3n) is 3.02. The summed E-state index contributed by atoms with van der Waals surface area (Å²) in [5.41, 5.74) is 4.71. The van der Waals surface area contributed by atoms with E-state index in [-0.39, 0.29) is 0 Å². The monoisotopic (exact) mass is 292 g/mol. The van der Waals surface area contributed by atoms with E-state index < -0.39 is 0 Å². The summed E-state index contributed by atoms with van der Waals surface area (Å²) in [5.74, 6) is 0. The lowest BCUT2D eigenvalue weighted by atomic mass is 10.1. The van der Waals surface area contributed by atoms with Crippen molar-refractivity contribution in [1.82, 2.24) is 4.98 Å². The van der Waals surface area contributed by atoms with Crippen molar-refractivity contribution in [3.05, 3.63) is 33.9 Å². The van der Waals surface area contributed by atoms with Gasteiger partial charge in [-0.2, -0.15) is 0 Å². The van der Waals surface area contributed by atoms with Gasteiger partial charge in [-0.15, -0.1) is 0 Å². The van der Waals surface area contributed by atoms with Gasteiger partial charge in [0, 0.05) is 28.3 Å². The van der Waals surface area contributed by atoms with Crippen LogP contribution in [-0.2, 0) is 12.8 Å². The van der Waals surface area contributed by atoms with Crippen LogP contribution in [0.3, 0.4) is 0 Å². The highest BCUT2D eigenvalue weighted by atomic mass is 79.9. The zero-order chi connectivity index (χ0) is 12.4. The highest BCUT2D eigenvalue weighted by Crippen LogP contribution is 2.29. The average Bonchev–Trinajstić information content (AvgIpc) is 2.36. The van der Waals surface area contributed by atoms with Crippen molar-refractivity contribution in [1.29, 1.82) is 0 Å². The molecule has 0 fully saturated rings. The maximum Gasteiger partial charge on any atom is 0.0758 e. The number of nitrogens with zero attached hydrogens (tertiary/aromatic N) is 1. The number of hydrogen-bond donors (Lipinski definition) is 1. The van der Waals surface area contributed by atoms with Gasteiger partial charge in [0.1, 0.15) is 0 Å². The Balaban J connectivity index is 2.83. The summed E-state index contributed by atoms with van der Waals surface area (Å²) in [7, 11) is 1.96. The van der Waals surface area contributed by atoms with E-state index >= 15 is 0 Å². The average molecular weight is 293 g/mol. The molecule has 0 bridgehead atoms. The Morgan fingerprint density at radius 2 is 1.94 bits per heavy atom. The molecule has 0 unspecified atom stereocenters. The second kappa shape index (κ2) is 5.05. The number of rotatable bonds is 3. The number of aryl methyl sites for hydroxylation is 2. The zero-order valence-corrected chi connectivity index (χ0v) is 12.1. The van der Waals surface area contributed by atoms with Gasteiger partial charge in [0.15, 0.2) is 0 Å². The number of pyridine rings is 1. The van der Waals surface area contributed by atoms with Crippen LogP contribution < -0.4 is 5.32 Å². The molecule has 0 aliphatic carbocycles. The molecule has 1 aromatic carbocycles. The molecule has 0 atom stereocenters. The predicted octanol–water partition coefficient (Wildman–Crippen LogP) is 4.16. The lowest BCUT2D eigenvalue weighted by molar-refractivity contribution is 1.04. The Morgan fingerprint density at radius 1 is 1.18 bits per heavy atom. The molecule has 17 heavy (non-hydrogen) atoms. The molecular formula is C14H17BrN2. The minimum atomic E-state index is 0.962. The van der Waals surface area contributed by atoms with Gasteiger partial charge in [-0.25, -0.2) is 0 Å². The predicted molar refractivity (Wildman–Crippen MR) is 77.7 cm³/mol. The Kier molecular flexibility index (Phi) is 3.67. The van der Waals surface area contributed by atoms with Crippen molar-refractivity contribution in [2.24, 2.45) is 0 Å². The normalized spacial score (nSPS) is 10.8. The van der Waals surface area contributed by atoms with Gasteiger partial charge in [0.05, 0.1) is 5.52 Å². The van der Waals surface area contributed by atoms with Gasteiger partial charge in [0.25, 0.3) is 0 Å². The van der Waals surface area contributed by atoms with Crippen molar-refractivity contribution in [2.45, 2.75) is 26.7 Å². The van der Waals surface area contributed by atoms with Crippen LogP contribution in [0, 0.1) is 0 Å². The van der Waals surface area contributed by atoms with E-state index in [1.807, 2.05) is 7.05 Å². The molecule has 0 radical (unpaired) electrons. The summed E-state index contributed by atoms with van der Waals surface area (Å²) in [5, 5.41) is 4.45. The van der Waals surface area contributed by atoms with Gasteiger partial charge in [-0.05, 0) is 36.6 Å². The van der Waals surface area contributed by atoms with Gasteiger partial charge in [0.2, 0.25) is 0 Å². The molecule has 0 aliphatic heterocycles. The van der Waals surface area contributed by atoms with Gasteiger partial charge in [-0.3, -0.25) is 4.98 Å². The molecule has 0 saturated heterocycles. The fourth-order valence-electron chi connectivity index (χ4n) is 2.07. The highest BCUT2D eigenvalue weighted by molar-refractivity contribution is 9.10. The van der Waals surface area contributed by atoms with Crippen LogP contribution in [-0.4, -0.2) is 12.0 Å². The standard InChI is InChI=1S/C14H17BrN2/c1-4-9-6-10(15)7-12-13(16-3)8-11(5-2)17-14(9)12/h6-8H,4-5H2,1-3H3,(H,16,17). The zero-order valence-electron chi connectivity index (χ0n) is 10.5. The fourth-order valence-corrected chi connectivity index (χ4v) is 2.58. The maximum absolute atomic E-state index is 4.75. The van der Waals surface area contributed by atoms with Crippen LogP contribution in [0.4, 0.5) is 5.69 Å². The van der Waals surface area contributed by atoms with Crippen LogP contribution in [0.1, 0.15) is 25.1 Å². The number of halogens is 1. The number of benzene rings is 1. The van der Waals surface area contributed by atoms with E-state index in [2.05, 4.69) is 53.3 Å². The molecule has 1 N–H and O–H groups in total. The molecule has 0 aliphatic rings. The van der Waals surface area contributed by atoms with Crippen molar-refractivity contribution in [3.63, 3.8) is 0 Å². The Labute approximate surface area is 111 Å². The van der Waals surface area contributed by atoms with Crippen LogP contribution in [0.25, 0.3) is 10.9 Å². The van der Waals surface area contributed by atoms with Crippen molar-refractivity contribution in [2.75, 3.05) is 12.4 Å². The molecule has 1 aromatic heterocycles. The molecule has 2 nitrogen and oxygen atoms in total. The third kappa shape index (κ3) is 2.29. The van der Waals surface area contributed by atoms with E-state index in [4.69, 9.17) is 4.98 Å². The SMILES string of the molecule is CCc1cc(NC)c2cc(Br)cc(CC)c2n1. The van der Waals surface area contributed by atoms with Gasteiger partial charge < -0.3 is 5.32 Å². The number of fused-ring (bicyclic) bond motifs is 1. The van der Waals surface area contributed by atoms with Crippen molar-refractivity contribution in [3.8, 4) is 0 Å². The van der Waals surface area contributed by atoms with E-state index in [9.17, 15) is 0 Å². The summed E-state index contributed by atoms with van der Waals surface area (Å²) in [6.07, 6.45) is 1.96. The lowest BCUT2D eigenvalue weighted by Gasteiger charge is -2.11. The van der Waals surface area contributed by atoms with Crippen LogP contribution >= 0.6 is 15.9 Å². The Hall–Kier alpha value is -1.09. The fraction of sp³-hybridized carbons (Fsp3) is 0.357. The van der Waals surface area contributed by atoms with Crippen molar-refractivity contribution < 1.29 is 0 Å². The second-order valence-corrected chi connectivity index (χ2v) is 5.00. The summed E-state index contributed by atoms with van der Waals surface area (Å²) in [4.78, 5) is 4.75. The first kappa shape index (κ1) is 12.4. The molecule has 90 valence electrons. The first-order valence-corrected chi connectivity index (χ1v) is 6.78. The molecule has 0 saturated carbocycles. The molecule has 3 heteroatoms. The maximum atomic E-state index is 4.75. The van der Waals surface area contributed by atoms with E-state index in [1.54, 1.807) is 0 Å². The summed E-state index contributed by atoms with van der Waals surface area (Å²) in [6, 6.07) is 6.43. The molecular weight excluding hydrogens is 276 g/mol. The quantitative estimate of drug-likeness (QED) is 0.919. The van der Waals surface area contributed by atoms with Crippen LogP contribution in [0.5, 0.6) is 0 Å². The van der Waals surface area contributed by atoms with Gasteiger partial charge in [-0.1, -0.05) is 29.8 Å². The van der Waals surface area contributed by atoms with Gasteiger partial charge >= 0.3 is 0 Å². The van der Waals surface area contributed by atoms with E-state index in [0.29, 0.717) is 0 Å². The van der Waals surface area contributed by atoms with E-state index in [1.165, 1.54) is 10.9 Å². The summed E-state index contributed by atoms with van der Waals surface area (Å²) < 4.78 is 1.12. The minimum absolute atomic E-state index is 0.962. The molecule has 1 heterocycles. The molecule has 2 rings (SSSR count). The first-order chi connectivity index (χ1) is 8.19. The number of aromatic nitrogens is 1. The number of hydrogen-bond acceptors (Lipinski definition) is 2. The summed E-state index contributed by atoms with van der Waals surface area (Å²) in [6.45, 7) is 4.30. The lowest BCUT2D eigenvalue weighted by Crippen LogP contribution is -1.98. The van der Waals surface area contributed by atoms with E-state index in [0.717, 1.165) is 34.2 Å². The topological polar surface area (TPSA) is 24.9 Å².